The van der Waals surface area contributed by atoms with Crippen LogP contribution in [-0.4, -0.2) is 168 Å². The highest BCUT2D eigenvalue weighted by atomic mass is 35.5. The van der Waals surface area contributed by atoms with Crippen LogP contribution in [0.2, 0.25) is 15.5 Å². The molecule has 3 saturated heterocycles. The zero-order valence-corrected chi connectivity index (χ0v) is 71.0. The average molecular weight is 1840 g/mol. The van der Waals surface area contributed by atoms with Crippen molar-refractivity contribution in [2.75, 3.05) is 84.1 Å². The molecule has 32 nitrogen and oxygen atoms in total. The lowest BCUT2D eigenvalue weighted by Crippen LogP contribution is -2.39. The van der Waals surface area contributed by atoms with Gasteiger partial charge >= 0.3 is 0 Å². The second-order valence-electron chi connectivity index (χ2n) is 29.1. The van der Waals surface area contributed by atoms with Gasteiger partial charge in [-0.25, -0.2) is 116 Å². The van der Waals surface area contributed by atoms with Crippen LogP contribution in [0.25, 0.3) is 66.9 Å². The van der Waals surface area contributed by atoms with E-state index in [1.807, 2.05) is 31.3 Å². The first-order valence-corrected chi connectivity index (χ1v) is 44.6. The maximum absolute atomic E-state index is 14.2. The molecule has 3 fully saturated rings. The van der Waals surface area contributed by atoms with E-state index in [0.29, 0.717) is 103 Å². The van der Waals surface area contributed by atoms with Gasteiger partial charge in [-0.2, -0.15) is 5.10 Å². The van der Waals surface area contributed by atoms with Gasteiger partial charge in [-0.1, -0.05) is 34.8 Å². The van der Waals surface area contributed by atoms with Crippen molar-refractivity contribution < 1.29 is 51.6 Å². The van der Waals surface area contributed by atoms with E-state index in [1.165, 1.54) is 55.8 Å². The molecule has 12 aromatic heterocycles. The molecule has 0 spiro atoms. The quantitative estimate of drug-likeness (QED) is 0.0287. The van der Waals surface area contributed by atoms with E-state index < -0.39 is 79.7 Å². The lowest BCUT2D eigenvalue weighted by molar-refractivity contribution is 0.521. The normalized spacial score (nSPS) is 14.2. The zero-order chi connectivity index (χ0) is 88.7. The van der Waals surface area contributed by atoms with Gasteiger partial charge in [0, 0.05) is 135 Å². The molecule has 0 aliphatic carbocycles. The molecule has 0 radical (unpaired) electrons. The number of hydrogen-bond acceptors (Lipinski definition) is 29. The van der Waals surface area contributed by atoms with Gasteiger partial charge in [-0.3, -0.25) is 24.1 Å². The fourth-order valence-electron chi connectivity index (χ4n) is 14.2. The van der Waals surface area contributed by atoms with Crippen molar-refractivity contribution in [3.8, 4) is 33.8 Å². The number of sulfonamides is 3. The lowest BCUT2D eigenvalue weighted by Gasteiger charge is -2.34. The standard InChI is InChI=1S/C29H25ClF2N8O2S.2C27H22ClF2N9O2S/c1-17-2-4-21(15-33-17)40-10-8-20(9-11-40)37-29-27-24(35-16-36-29)6-5-23(38-27)18-12-25(28(30)34-14-18)39-43(41,42)26-7-3-19(31)13-22(26)32;28-26-22(38-42(40,41)23-4-1-17(29)12-19(23)30)11-16(13-33-26)20-2-3-21-25(37-20)27(35-15-34-21)36-18-5-9-39(10-6-18)24-14-31-7-8-32-24;28-26-22(38-42(40,41)23-6-3-17(29)13-19(23)30)12-16(14-31-26)20-4-5-21-25(36-20)27(33-15-32-21)35-18-7-10-39(11-8-18)24-2-1-9-34-37-24/h2-7,12-16,20,39H,8-11H2,1H3,(H,35,36,37);1-4,7-8,11-15,18,38H,5-6,9-10H2,(H,34,35,36);1-6,9,12-15,18,38H,7-8,10-11H2,(H,32,33,35). The molecule has 3 aromatic carbocycles. The first kappa shape index (κ1) is 86.9. The summed E-state index contributed by atoms with van der Waals surface area (Å²) >= 11 is 18.5. The molecular weight excluding hydrogens is 1770 g/mol. The van der Waals surface area contributed by atoms with E-state index in [1.54, 1.807) is 61.2 Å². The number of fused-ring (bicyclic) bond motifs is 3. The highest BCUT2D eigenvalue weighted by molar-refractivity contribution is 7.93. The Bertz CT molecular complexity index is 6710. The molecule has 3 aliphatic heterocycles. The van der Waals surface area contributed by atoms with Gasteiger partial charge in [0.25, 0.3) is 30.1 Å². The number of anilines is 9. The first-order valence-electron chi connectivity index (χ1n) is 39.0. The smallest absolute Gasteiger partial charge is 0.264 e. The summed E-state index contributed by atoms with van der Waals surface area (Å²) in [6, 6.07) is 29.6. The van der Waals surface area contributed by atoms with E-state index in [-0.39, 0.29) is 50.6 Å². The zero-order valence-electron chi connectivity index (χ0n) is 66.3. The van der Waals surface area contributed by atoms with Crippen LogP contribution in [0.15, 0.2) is 217 Å². The van der Waals surface area contributed by atoms with E-state index >= 15 is 0 Å². The number of halogens is 9. The summed E-state index contributed by atoms with van der Waals surface area (Å²) in [5, 5.41) is 18.1. The van der Waals surface area contributed by atoms with Crippen LogP contribution in [0.3, 0.4) is 0 Å². The van der Waals surface area contributed by atoms with Crippen LogP contribution >= 0.6 is 34.8 Å². The number of nitrogens with one attached hydrogen (secondary N) is 6. The highest BCUT2D eigenvalue weighted by Gasteiger charge is 2.30. The third-order valence-electron chi connectivity index (χ3n) is 20.7. The Morgan fingerprint density at radius 1 is 0.370 bits per heavy atom. The predicted molar refractivity (Wildman–Crippen MR) is 468 cm³/mol. The summed E-state index contributed by atoms with van der Waals surface area (Å²) in [6.45, 7) is 6.89. The van der Waals surface area contributed by atoms with Crippen molar-refractivity contribution in [3.63, 3.8) is 0 Å². The number of pyridine rings is 7. The number of piperidine rings is 3. The Kier molecular flexibility index (Phi) is 25.8. The Balaban J connectivity index is 0.000000140. The van der Waals surface area contributed by atoms with Crippen LogP contribution in [-0.2, 0) is 30.1 Å². The molecule has 3 aliphatic rings. The summed E-state index contributed by atoms with van der Waals surface area (Å²) in [6.07, 6.45) is 22.5. The fraction of sp³-hybridized carbons (Fsp3) is 0.193. The van der Waals surface area contributed by atoms with Gasteiger partial charge in [0.2, 0.25) is 0 Å². The molecule has 0 bridgehead atoms. The second kappa shape index (κ2) is 37.7. The van der Waals surface area contributed by atoms with Crippen LogP contribution < -0.4 is 44.8 Å². The molecule has 0 atom stereocenters. The number of benzene rings is 3. The van der Waals surface area contributed by atoms with E-state index in [9.17, 15) is 51.6 Å². The van der Waals surface area contributed by atoms with Crippen molar-refractivity contribution in [2.45, 2.75) is 78.3 Å². The van der Waals surface area contributed by atoms with Gasteiger partial charge in [0.15, 0.2) is 38.7 Å². The molecule has 0 saturated carbocycles. The Labute approximate surface area is 735 Å². The molecule has 15 aromatic rings. The number of aromatic nitrogens is 17. The highest BCUT2D eigenvalue weighted by Crippen LogP contribution is 2.37. The summed E-state index contributed by atoms with van der Waals surface area (Å²) in [5.41, 5.74) is 7.91. The topological polar surface area (TPSA) is 403 Å². The summed E-state index contributed by atoms with van der Waals surface area (Å²) in [4.78, 5) is 70.2. The third-order valence-corrected chi connectivity index (χ3v) is 25.8. The van der Waals surface area contributed by atoms with Crippen molar-refractivity contribution in [2.24, 2.45) is 0 Å². The molecule has 127 heavy (non-hydrogen) atoms. The average Bonchev–Trinajstić information content (AvgIpc) is 0.801. The SMILES string of the molecule is Cc1ccc(N2CCC(Nc3ncnc4ccc(-c5cnc(Cl)c(NS(=O)(=O)c6ccc(F)cc6F)c5)nc34)CC2)cn1.O=S(=O)(Nc1cc(-c2ccc3ncnc(NC4CCN(c5cccnn5)CC4)c3n2)cnc1Cl)c1ccc(F)cc1F.O=S(=O)(Nc1cc(-c2ccc3ncnc(NC4CCN(c5cnccn5)CC4)c3n2)cnc1Cl)c1ccc(F)cc1F. The van der Waals surface area contributed by atoms with Crippen LogP contribution in [0.5, 0.6) is 0 Å². The molecule has 18 rings (SSSR count). The summed E-state index contributed by atoms with van der Waals surface area (Å²) in [5.74, 6) is -3.02. The predicted octanol–water partition coefficient (Wildman–Crippen LogP) is 15.0. The molecule has 0 unspecified atom stereocenters. The van der Waals surface area contributed by atoms with Crippen molar-refractivity contribution in [1.82, 2.24) is 85.0 Å². The van der Waals surface area contributed by atoms with E-state index in [4.69, 9.17) is 49.8 Å². The van der Waals surface area contributed by atoms with Gasteiger partial charge in [-0.15, -0.1) is 5.10 Å². The number of nitrogens with zero attached hydrogens (tertiary/aromatic N) is 20. The minimum atomic E-state index is -4.44. The fourth-order valence-corrected chi connectivity index (χ4v) is 18.2. The van der Waals surface area contributed by atoms with Gasteiger partial charge < -0.3 is 30.7 Å². The van der Waals surface area contributed by atoms with Gasteiger partial charge in [0.1, 0.15) is 90.9 Å². The maximum Gasteiger partial charge on any atom is 0.264 e. The second-order valence-corrected chi connectivity index (χ2v) is 35.1. The Hall–Kier alpha value is -13.6. The van der Waals surface area contributed by atoms with Crippen molar-refractivity contribution in [3.05, 3.63) is 258 Å². The van der Waals surface area contributed by atoms with Gasteiger partial charge in [-0.05, 0) is 161 Å². The molecule has 0 amide bonds. The molecular formula is C83H69Cl3F6N26O6S3. The van der Waals surface area contributed by atoms with Crippen molar-refractivity contribution >= 4 is 150 Å². The Morgan fingerprint density at radius 3 is 1.09 bits per heavy atom. The monoisotopic (exact) mass is 1840 g/mol. The van der Waals surface area contributed by atoms with Gasteiger partial charge in [0.05, 0.1) is 68.8 Å². The number of aryl methyl sites for hydroxylation is 1. The molecule has 648 valence electrons. The Morgan fingerprint density at radius 2 is 0.748 bits per heavy atom. The van der Waals surface area contributed by atoms with E-state index in [2.05, 4.69) is 121 Å². The summed E-state index contributed by atoms with van der Waals surface area (Å²) < 4.78 is 166. The van der Waals surface area contributed by atoms with E-state index in [0.717, 1.165) is 137 Å². The molecule has 15 heterocycles. The van der Waals surface area contributed by atoms with Crippen LogP contribution in [0, 0.1) is 41.8 Å². The number of hydrogen-bond donors (Lipinski definition) is 6. The van der Waals surface area contributed by atoms with Crippen molar-refractivity contribution in [1.29, 1.82) is 0 Å². The minimum absolute atomic E-state index is 0.0945. The lowest BCUT2D eigenvalue weighted by atomic mass is 10.0. The maximum atomic E-state index is 14.2. The third kappa shape index (κ3) is 20.5. The van der Waals surface area contributed by atoms with Crippen LogP contribution in [0.4, 0.5) is 78.2 Å². The number of rotatable bonds is 21. The first-order chi connectivity index (χ1) is 61.2. The van der Waals surface area contributed by atoms with Crippen LogP contribution in [0.1, 0.15) is 44.2 Å². The minimum Gasteiger partial charge on any atom is -0.370 e. The molecule has 6 N–H and O–H groups in total. The summed E-state index contributed by atoms with van der Waals surface area (Å²) in [7, 11) is -13.3. The molecule has 44 heteroatoms. The largest absolute Gasteiger partial charge is 0.370 e.